The maximum atomic E-state index is 14.0. The third-order valence-corrected chi connectivity index (χ3v) is 7.01. The quantitative estimate of drug-likeness (QED) is 0.582. The highest BCUT2D eigenvalue weighted by atomic mass is 32.2. The van der Waals surface area contributed by atoms with Crippen molar-refractivity contribution in [1.82, 2.24) is 10.6 Å². The molecule has 0 aliphatic carbocycles. The van der Waals surface area contributed by atoms with Crippen LogP contribution < -0.4 is 20.3 Å². The van der Waals surface area contributed by atoms with Crippen LogP contribution >= 0.6 is 0 Å². The van der Waals surface area contributed by atoms with Crippen LogP contribution in [0.15, 0.2) is 47.4 Å². The van der Waals surface area contributed by atoms with Crippen LogP contribution in [0, 0.1) is 5.82 Å². The Morgan fingerprint density at radius 1 is 1.19 bits per heavy atom. The number of benzene rings is 2. The molecule has 0 spiro atoms. The molecule has 4 rings (SSSR count). The molecule has 8 nitrogen and oxygen atoms in total. The molecule has 2 aliphatic heterocycles. The molecular formula is C22H27FN4O4S. The third kappa shape index (κ3) is 5.20. The van der Waals surface area contributed by atoms with Crippen molar-refractivity contribution in [2.24, 2.45) is 0 Å². The van der Waals surface area contributed by atoms with E-state index in [9.17, 15) is 17.6 Å². The van der Waals surface area contributed by atoms with Crippen LogP contribution in [0.5, 0.6) is 0 Å². The Kier molecular flexibility index (Phi) is 6.92. The molecule has 1 atom stereocenters. The van der Waals surface area contributed by atoms with Gasteiger partial charge < -0.3 is 20.3 Å². The van der Waals surface area contributed by atoms with Gasteiger partial charge in [0.05, 0.1) is 11.7 Å². The molecule has 0 radical (unpaired) electrons. The molecule has 10 heteroatoms. The number of amides is 1. The summed E-state index contributed by atoms with van der Waals surface area (Å²) in [6.45, 7) is 4.13. The van der Waals surface area contributed by atoms with E-state index in [0.717, 1.165) is 50.8 Å². The van der Waals surface area contributed by atoms with Crippen LogP contribution in [0.4, 0.5) is 15.8 Å². The highest BCUT2D eigenvalue weighted by Gasteiger charge is 2.23. The Morgan fingerprint density at radius 3 is 2.69 bits per heavy atom. The predicted octanol–water partition coefficient (Wildman–Crippen LogP) is 1.94. The van der Waals surface area contributed by atoms with Crippen molar-refractivity contribution in [3.05, 3.63) is 53.8 Å². The van der Waals surface area contributed by atoms with E-state index in [0.29, 0.717) is 18.7 Å². The number of nitrogens with one attached hydrogen (secondary N) is 3. The first-order valence-corrected chi connectivity index (χ1v) is 12.2. The van der Waals surface area contributed by atoms with E-state index in [1.165, 1.54) is 24.3 Å². The first-order valence-electron chi connectivity index (χ1n) is 10.7. The van der Waals surface area contributed by atoms with Crippen LogP contribution in [0.2, 0.25) is 0 Å². The summed E-state index contributed by atoms with van der Waals surface area (Å²) in [5.41, 5.74) is 1.28. The number of carbonyl (C=O) groups is 1. The lowest BCUT2D eigenvalue weighted by Crippen LogP contribution is -2.44. The lowest BCUT2D eigenvalue weighted by atomic mass is 10.1. The summed E-state index contributed by atoms with van der Waals surface area (Å²) in [6.07, 6.45) is 1.86. The first-order chi connectivity index (χ1) is 15.4. The summed E-state index contributed by atoms with van der Waals surface area (Å²) < 4.78 is 47.4. The van der Waals surface area contributed by atoms with Crippen molar-refractivity contribution in [3.63, 3.8) is 0 Å². The molecule has 2 aliphatic rings. The minimum absolute atomic E-state index is 0.00988. The highest BCUT2D eigenvalue weighted by Crippen LogP contribution is 2.27. The molecule has 2 aromatic carbocycles. The molecule has 2 saturated heterocycles. The van der Waals surface area contributed by atoms with Gasteiger partial charge in [-0.25, -0.2) is 12.8 Å². The molecule has 32 heavy (non-hydrogen) atoms. The maximum Gasteiger partial charge on any atom is 0.264 e. The number of piperazine rings is 1. The Morgan fingerprint density at radius 2 is 1.97 bits per heavy atom. The van der Waals surface area contributed by atoms with Crippen molar-refractivity contribution in [2.45, 2.75) is 23.8 Å². The van der Waals surface area contributed by atoms with Crippen molar-refractivity contribution < 1.29 is 22.3 Å². The number of ether oxygens (including phenoxy) is 1. The molecule has 2 aromatic rings. The molecule has 172 valence electrons. The van der Waals surface area contributed by atoms with Crippen molar-refractivity contribution in [1.29, 1.82) is 0 Å². The smallest absolute Gasteiger partial charge is 0.264 e. The number of anilines is 2. The van der Waals surface area contributed by atoms with Crippen molar-refractivity contribution in [3.8, 4) is 0 Å². The second-order valence-corrected chi connectivity index (χ2v) is 9.50. The average Bonchev–Trinajstić information content (AvgIpc) is 3.32. The lowest BCUT2D eigenvalue weighted by molar-refractivity contribution is 0.0858. The molecule has 1 amide bonds. The van der Waals surface area contributed by atoms with Crippen LogP contribution in [0.25, 0.3) is 0 Å². The topological polar surface area (TPSA) is 99.8 Å². The zero-order valence-electron chi connectivity index (χ0n) is 17.6. The van der Waals surface area contributed by atoms with Gasteiger partial charge in [-0.15, -0.1) is 0 Å². The highest BCUT2D eigenvalue weighted by molar-refractivity contribution is 7.92. The predicted molar refractivity (Wildman–Crippen MR) is 120 cm³/mol. The van der Waals surface area contributed by atoms with Gasteiger partial charge in [-0.2, -0.15) is 0 Å². The van der Waals surface area contributed by atoms with E-state index in [1.807, 2.05) is 0 Å². The molecule has 2 fully saturated rings. The Bertz CT molecular complexity index is 1070. The second kappa shape index (κ2) is 9.85. The molecule has 3 N–H and O–H groups in total. The van der Waals surface area contributed by atoms with E-state index in [4.69, 9.17) is 4.74 Å². The van der Waals surface area contributed by atoms with Crippen molar-refractivity contribution >= 4 is 27.3 Å². The van der Waals surface area contributed by atoms with Crippen LogP contribution in [-0.4, -0.2) is 59.8 Å². The number of rotatable bonds is 7. The minimum Gasteiger partial charge on any atom is -0.376 e. The lowest BCUT2D eigenvalue weighted by Gasteiger charge is -2.31. The fourth-order valence-electron chi connectivity index (χ4n) is 3.94. The monoisotopic (exact) mass is 462 g/mol. The summed E-state index contributed by atoms with van der Waals surface area (Å²) >= 11 is 0. The van der Waals surface area contributed by atoms with Gasteiger partial charge in [0.25, 0.3) is 15.9 Å². The van der Waals surface area contributed by atoms with Gasteiger partial charge in [-0.3, -0.25) is 9.52 Å². The van der Waals surface area contributed by atoms with Crippen LogP contribution in [0.3, 0.4) is 0 Å². The van der Waals surface area contributed by atoms with Gasteiger partial charge in [-0.05, 0) is 43.2 Å². The molecule has 0 bridgehead atoms. The number of sulfonamides is 1. The summed E-state index contributed by atoms with van der Waals surface area (Å²) in [6, 6.07) is 9.98. The van der Waals surface area contributed by atoms with Gasteiger partial charge in [0.2, 0.25) is 0 Å². The maximum absolute atomic E-state index is 14.0. The number of halogens is 1. The summed E-state index contributed by atoms with van der Waals surface area (Å²) in [5.74, 6) is -1.15. The molecule has 0 saturated carbocycles. The SMILES string of the molecule is O=C(NCC1CCCO1)c1cc(NS(=O)(=O)c2ccccc2F)ccc1N1CCNCC1. The summed E-state index contributed by atoms with van der Waals surface area (Å²) in [5, 5.41) is 6.18. The van der Waals surface area contributed by atoms with Gasteiger partial charge >= 0.3 is 0 Å². The van der Waals surface area contributed by atoms with Gasteiger partial charge in [0, 0.05) is 50.7 Å². The fourth-order valence-corrected chi connectivity index (χ4v) is 5.07. The number of nitrogens with zero attached hydrogens (tertiary/aromatic N) is 1. The largest absolute Gasteiger partial charge is 0.376 e. The Labute approximate surface area is 187 Å². The standard InChI is InChI=1S/C22H27FN4O4S/c23-19-5-1-2-6-21(19)32(29,30)26-16-7-8-20(27-11-9-24-10-12-27)18(14-16)22(28)25-15-17-4-3-13-31-17/h1-2,5-8,14,17,24,26H,3-4,9-13,15H2,(H,25,28). The zero-order valence-corrected chi connectivity index (χ0v) is 18.5. The van der Waals surface area contributed by atoms with E-state index in [2.05, 4.69) is 20.3 Å². The normalized spacial score (nSPS) is 19.0. The third-order valence-electron chi connectivity index (χ3n) is 5.59. The average molecular weight is 463 g/mol. The fraction of sp³-hybridized carbons (Fsp3) is 0.409. The van der Waals surface area contributed by atoms with E-state index >= 15 is 0 Å². The van der Waals surface area contributed by atoms with Crippen LogP contribution in [-0.2, 0) is 14.8 Å². The summed E-state index contributed by atoms with van der Waals surface area (Å²) in [7, 11) is -4.15. The number of hydrogen-bond acceptors (Lipinski definition) is 6. The van der Waals surface area contributed by atoms with Gasteiger partial charge in [-0.1, -0.05) is 12.1 Å². The first kappa shape index (κ1) is 22.5. The van der Waals surface area contributed by atoms with E-state index in [1.54, 1.807) is 12.1 Å². The van der Waals surface area contributed by atoms with Crippen molar-refractivity contribution in [2.75, 3.05) is 49.0 Å². The van der Waals surface area contributed by atoms with E-state index in [-0.39, 0.29) is 17.7 Å². The molecule has 1 unspecified atom stereocenters. The Hall–Kier alpha value is -2.69. The van der Waals surface area contributed by atoms with Gasteiger partial charge in [0.1, 0.15) is 10.7 Å². The second-order valence-electron chi connectivity index (χ2n) is 7.85. The van der Waals surface area contributed by atoms with Crippen LogP contribution in [0.1, 0.15) is 23.2 Å². The summed E-state index contributed by atoms with van der Waals surface area (Å²) in [4.78, 5) is 14.7. The molecule has 2 heterocycles. The Balaban J connectivity index is 1.60. The van der Waals surface area contributed by atoms with E-state index < -0.39 is 20.7 Å². The molecule has 0 aromatic heterocycles. The number of hydrogen-bond donors (Lipinski definition) is 3. The molecular weight excluding hydrogens is 435 g/mol. The zero-order chi connectivity index (χ0) is 22.6. The minimum atomic E-state index is -4.15. The van der Waals surface area contributed by atoms with Gasteiger partial charge in [0.15, 0.2) is 0 Å². The number of carbonyl (C=O) groups excluding carboxylic acids is 1.